The molecule has 11 heteroatoms. The Labute approximate surface area is 189 Å². The van der Waals surface area contributed by atoms with E-state index < -0.39 is 11.9 Å². The Morgan fingerprint density at radius 2 is 2.07 bits per heavy atom. The number of benzene rings is 1. The molecule has 0 radical (unpaired) electrons. The maximum absolute atomic E-state index is 11.8. The van der Waals surface area contributed by atoms with Gasteiger partial charge in [0, 0.05) is 16.1 Å². The van der Waals surface area contributed by atoms with E-state index in [1.165, 1.54) is 13.3 Å². The fourth-order valence-corrected chi connectivity index (χ4v) is 3.75. The molecule has 2 rings (SSSR count). The van der Waals surface area contributed by atoms with E-state index in [0.717, 1.165) is 22.3 Å². The van der Waals surface area contributed by atoms with E-state index in [1.54, 1.807) is 6.07 Å². The van der Waals surface area contributed by atoms with Gasteiger partial charge < -0.3 is 14.2 Å². The molecule has 1 fully saturated rings. The van der Waals surface area contributed by atoms with Crippen molar-refractivity contribution in [1.82, 2.24) is 5.32 Å². The number of carbonyl (C=O) groups excluding carboxylic acids is 2. The van der Waals surface area contributed by atoms with Gasteiger partial charge in [-0.2, -0.15) is 5.10 Å². The van der Waals surface area contributed by atoms with E-state index in [2.05, 4.69) is 52.1 Å². The fourth-order valence-electron chi connectivity index (χ4n) is 2.09. The van der Waals surface area contributed by atoms with E-state index in [9.17, 15) is 9.59 Å². The SMILES string of the molecule is CCOc1cc(C=N/N=C2/NC(=O)/C(=C\C(=O)OC)S2)c(Br)c(Br)c1OC(C)C. The Morgan fingerprint density at radius 1 is 1.34 bits per heavy atom. The zero-order chi connectivity index (χ0) is 21.6. The first-order valence-corrected chi connectivity index (χ1v) is 10.9. The monoisotopic (exact) mass is 547 g/mol. The highest BCUT2D eigenvalue weighted by Crippen LogP contribution is 2.43. The minimum atomic E-state index is -0.617. The lowest BCUT2D eigenvalue weighted by molar-refractivity contribution is -0.135. The van der Waals surface area contributed by atoms with Crippen molar-refractivity contribution >= 4 is 66.9 Å². The van der Waals surface area contributed by atoms with E-state index in [0.29, 0.717) is 28.1 Å². The molecule has 1 aliphatic heterocycles. The molecule has 8 nitrogen and oxygen atoms in total. The number of carbonyl (C=O) groups is 2. The third-order valence-corrected chi connectivity index (χ3v) is 6.30. The van der Waals surface area contributed by atoms with Crippen molar-refractivity contribution in [2.24, 2.45) is 10.2 Å². The molecule has 0 unspecified atom stereocenters. The van der Waals surface area contributed by atoms with Gasteiger partial charge in [0.05, 0.1) is 35.4 Å². The van der Waals surface area contributed by atoms with Crippen LogP contribution < -0.4 is 14.8 Å². The van der Waals surface area contributed by atoms with Crippen molar-refractivity contribution in [3.8, 4) is 11.5 Å². The summed E-state index contributed by atoms with van der Waals surface area (Å²) in [5, 5.41) is 10.8. The van der Waals surface area contributed by atoms with Crippen LogP contribution in [0.4, 0.5) is 0 Å². The minimum absolute atomic E-state index is 0.0291. The first kappa shape index (κ1) is 23.4. The molecule has 1 amide bonds. The van der Waals surface area contributed by atoms with Gasteiger partial charge >= 0.3 is 5.97 Å². The van der Waals surface area contributed by atoms with Gasteiger partial charge in [-0.1, -0.05) is 0 Å². The number of rotatable bonds is 7. The third-order valence-electron chi connectivity index (χ3n) is 3.26. The number of nitrogens with one attached hydrogen (secondary N) is 1. The number of esters is 1. The molecular weight excluding hydrogens is 530 g/mol. The number of nitrogens with zero attached hydrogens (tertiary/aromatic N) is 2. The highest BCUT2D eigenvalue weighted by molar-refractivity contribution is 9.13. The lowest BCUT2D eigenvalue weighted by atomic mass is 10.2. The number of thioether (sulfide) groups is 1. The van der Waals surface area contributed by atoms with Gasteiger partial charge in [0.1, 0.15) is 0 Å². The van der Waals surface area contributed by atoms with E-state index >= 15 is 0 Å². The highest BCUT2D eigenvalue weighted by Gasteiger charge is 2.25. The van der Waals surface area contributed by atoms with Gasteiger partial charge in [-0.3, -0.25) is 10.1 Å². The molecule has 0 aliphatic carbocycles. The van der Waals surface area contributed by atoms with Gasteiger partial charge in [0.2, 0.25) is 0 Å². The predicted molar refractivity (Wildman–Crippen MR) is 120 cm³/mol. The number of halogens is 2. The first-order valence-electron chi connectivity index (χ1n) is 8.48. The van der Waals surface area contributed by atoms with Crippen LogP contribution in [0.5, 0.6) is 11.5 Å². The van der Waals surface area contributed by atoms with Gasteiger partial charge in [-0.25, -0.2) is 4.79 Å². The van der Waals surface area contributed by atoms with Crippen molar-refractivity contribution in [3.63, 3.8) is 0 Å². The van der Waals surface area contributed by atoms with Gasteiger partial charge in [-0.05, 0) is 70.5 Å². The molecule has 1 N–H and O–H groups in total. The number of ether oxygens (including phenoxy) is 3. The van der Waals surface area contributed by atoms with Crippen LogP contribution in [0.3, 0.4) is 0 Å². The number of hydrogen-bond acceptors (Lipinski definition) is 8. The van der Waals surface area contributed by atoms with Crippen molar-refractivity contribution in [1.29, 1.82) is 0 Å². The van der Waals surface area contributed by atoms with Crippen molar-refractivity contribution in [3.05, 3.63) is 31.6 Å². The molecule has 1 heterocycles. The molecular formula is C18H19Br2N3O5S. The quantitative estimate of drug-likeness (QED) is 0.239. The molecule has 1 aromatic rings. The summed E-state index contributed by atoms with van der Waals surface area (Å²) in [6, 6.07) is 1.78. The van der Waals surface area contributed by atoms with Gasteiger partial charge in [-0.15, -0.1) is 5.10 Å². The number of amides is 1. The second-order valence-corrected chi connectivity index (χ2v) is 8.37. The maximum atomic E-state index is 11.8. The molecule has 0 saturated carbocycles. The van der Waals surface area contributed by atoms with Crippen LogP contribution in [0.15, 0.2) is 36.2 Å². The molecule has 1 saturated heterocycles. The summed E-state index contributed by atoms with van der Waals surface area (Å²) >= 11 is 8.03. The largest absolute Gasteiger partial charge is 0.490 e. The average molecular weight is 549 g/mol. The second-order valence-electron chi connectivity index (χ2n) is 5.76. The summed E-state index contributed by atoms with van der Waals surface area (Å²) in [6.07, 6.45) is 2.58. The van der Waals surface area contributed by atoms with Crippen LogP contribution >= 0.6 is 43.6 Å². The van der Waals surface area contributed by atoms with Crippen LogP contribution in [-0.2, 0) is 14.3 Å². The zero-order valence-electron chi connectivity index (χ0n) is 16.1. The summed E-state index contributed by atoms with van der Waals surface area (Å²) in [7, 11) is 1.24. The van der Waals surface area contributed by atoms with Crippen LogP contribution in [0.1, 0.15) is 26.3 Å². The van der Waals surface area contributed by atoms with Crippen molar-refractivity contribution in [2.75, 3.05) is 13.7 Å². The second kappa shape index (κ2) is 10.8. The standard InChI is InChI=1S/C18H19Br2N3O5S/c1-5-27-11-6-10(14(19)15(20)16(11)28-9(2)3)8-21-23-18-22-17(25)12(29-18)7-13(24)26-4/h6-9H,5H2,1-4H3,(H,22,23,25)/b12-7+,21-8?. The van der Waals surface area contributed by atoms with Crippen molar-refractivity contribution in [2.45, 2.75) is 26.9 Å². The maximum Gasteiger partial charge on any atom is 0.331 e. The summed E-state index contributed by atoms with van der Waals surface area (Å²) in [5.41, 5.74) is 0.695. The van der Waals surface area contributed by atoms with Crippen LogP contribution in [0.25, 0.3) is 0 Å². The average Bonchev–Trinajstić information content (AvgIpc) is 3.01. The van der Waals surface area contributed by atoms with Crippen molar-refractivity contribution < 1.29 is 23.8 Å². The Bertz CT molecular complexity index is 900. The smallest absolute Gasteiger partial charge is 0.331 e. The van der Waals surface area contributed by atoms with E-state index in [1.807, 2.05) is 20.8 Å². The summed E-state index contributed by atoms with van der Waals surface area (Å²) < 4.78 is 17.5. The minimum Gasteiger partial charge on any atom is -0.490 e. The molecule has 0 spiro atoms. The van der Waals surface area contributed by atoms with E-state index in [-0.39, 0.29) is 16.2 Å². The molecule has 29 heavy (non-hydrogen) atoms. The van der Waals surface area contributed by atoms with E-state index in [4.69, 9.17) is 9.47 Å². The molecule has 1 aromatic carbocycles. The first-order chi connectivity index (χ1) is 13.8. The van der Waals surface area contributed by atoms with Gasteiger partial charge in [0.15, 0.2) is 16.7 Å². The number of amidine groups is 1. The summed E-state index contributed by atoms with van der Waals surface area (Å²) in [6.45, 7) is 6.21. The normalized spacial score (nSPS) is 16.7. The highest BCUT2D eigenvalue weighted by atomic mass is 79.9. The Balaban J connectivity index is 2.26. The Hall–Kier alpha value is -1.85. The number of methoxy groups -OCH3 is 1. The Morgan fingerprint density at radius 3 is 2.69 bits per heavy atom. The molecule has 0 aromatic heterocycles. The third kappa shape index (κ3) is 6.31. The lowest BCUT2D eigenvalue weighted by Gasteiger charge is -2.18. The molecule has 1 aliphatic rings. The van der Waals surface area contributed by atoms with Crippen LogP contribution in [0.2, 0.25) is 0 Å². The summed E-state index contributed by atoms with van der Waals surface area (Å²) in [4.78, 5) is 23.3. The topological polar surface area (TPSA) is 98.6 Å². The fraction of sp³-hybridized carbons (Fsp3) is 0.333. The molecule has 0 atom stereocenters. The zero-order valence-corrected chi connectivity index (χ0v) is 20.1. The van der Waals surface area contributed by atoms with Crippen LogP contribution in [0, 0.1) is 0 Å². The lowest BCUT2D eigenvalue weighted by Crippen LogP contribution is -2.19. The van der Waals surface area contributed by atoms with Gasteiger partial charge in [0.25, 0.3) is 5.91 Å². The van der Waals surface area contributed by atoms with Crippen LogP contribution in [-0.4, -0.2) is 43.1 Å². The Kier molecular flexibility index (Phi) is 8.72. The number of hydrogen-bond donors (Lipinski definition) is 1. The molecule has 156 valence electrons. The summed E-state index contributed by atoms with van der Waals surface area (Å²) in [5.74, 6) is 0.103. The molecule has 0 bridgehead atoms. The predicted octanol–water partition coefficient (Wildman–Crippen LogP) is 4.01.